The molecule has 0 saturated carbocycles. The third-order valence-corrected chi connectivity index (χ3v) is 3.07. The molecule has 6 heteroatoms. The van der Waals surface area contributed by atoms with Gasteiger partial charge in [-0.15, -0.1) is 0 Å². The van der Waals surface area contributed by atoms with E-state index >= 15 is 0 Å². The maximum Gasteiger partial charge on any atom is 0.261 e. The van der Waals surface area contributed by atoms with Gasteiger partial charge in [0.25, 0.3) is 5.89 Å². The number of thiophene rings is 1. The fraction of sp³-hybridized carbons (Fsp3) is 0. The normalized spacial score (nSPS) is 10.7. The van der Waals surface area contributed by atoms with Crippen molar-refractivity contribution in [2.45, 2.75) is 0 Å². The zero-order chi connectivity index (χ0) is 12.5. The Balaban J connectivity index is 2.03. The maximum absolute atomic E-state index is 13.6. The Bertz CT molecular complexity index is 679. The van der Waals surface area contributed by atoms with E-state index in [0.717, 1.165) is 11.6 Å². The molecule has 18 heavy (non-hydrogen) atoms. The molecule has 0 aliphatic heterocycles. The van der Waals surface area contributed by atoms with Gasteiger partial charge in [0.15, 0.2) is 0 Å². The molecular weight excluding hydrogens is 255 g/mol. The highest BCUT2D eigenvalue weighted by molar-refractivity contribution is 7.08. The first-order valence-corrected chi connectivity index (χ1v) is 6.03. The topological polar surface area (TPSA) is 59.2 Å². The number of halogens is 1. The van der Waals surface area contributed by atoms with E-state index in [1.165, 1.54) is 23.5 Å². The molecule has 0 atom stereocenters. The number of rotatable bonds is 2. The molecule has 2 aromatic heterocycles. The monoisotopic (exact) mass is 262 g/mol. The summed E-state index contributed by atoms with van der Waals surface area (Å²) in [6.45, 7) is 0. The summed E-state index contributed by atoms with van der Waals surface area (Å²) in [5.41, 5.74) is 0.996. The number of aromatic nitrogens is 2. The molecule has 0 aliphatic rings. The van der Waals surface area contributed by atoms with Gasteiger partial charge in [-0.1, -0.05) is 5.16 Å². The Kier molecular flexibility index (Phi) is 2.56. The quantitative estimate of drug-likeness (QED) is 0.769. The molecule has 90 valence electrons. The summed E-state index contributed by atoms with van der Waals surface area (Å²) in [7, 11) is 0. The second-order valence-electron chi connectivity index (χ2n) is 3.60. The van der Waals surface area contributed by atoms with Gasteiger partial charge in [0.1, 0.15) is 11.6 Å². The highest BCUT2D eigenvalue weighted by Gasteiger charge is 2.14. The third kappa shape index (κ3) is 1.86. The first kappa shape index (κ1) is 10.9. The summed E-state index contributed by atoms with van der Waals surface area (Å²) in [4.78, 5) is 4.12. The van der Waals surface area contributed by atoms with E-state index in [1.54, 1.807) is 0 Å². The first-order chi connectivity index (χ1) is 8.74. The average Bonchev–Trinajstić information content (AvgIpc) is 2.99. The fourth-order valence-corrected chi connectivity index (χ4v) is 2.15. The van der Waals surface area contributed by atoms with Gasteiger partial charge in [0.2, 0.25) is 5.82 Å². The Morgan fingerprint density at radius 1 is 1.28 bits per heavy atom. The van der Waals surface area contributed by atoms with Crippen molar-refractivity contribution < 1.29 is 14.0 Å². The fourth-order valence-electron chi connectivity index (χ4n) is 1.52. The Hall–Kier alpha value is -2.21. The van der Waals surface area contributed by atoms with Crippen molar-refractivity contribution >= 4 is 11.3 Å². The minimum Gasteiger partial charge on any atom is -0.508 e. The van der Waals surface area contributed by atoms with Gasteiger partial charge in [0.05, 0.1) is 5.56 Å². The van der Waals surface area contributed by atoms with Crippen LogP contribution in [-0.4, -0.2) is 15.2 Å². The van der Waals surface area contributed by atoms with Crippen LogP contribution in [0, 0.1) is 5.82 Å². The summed E-state index contributed by atoms with van der Waals surface area (Å²) >= 11 is 1.52. The van der Waals surface area contributed by atoms with Gasteiger partial charge in [-0.3, -0.25) is 0 Å². The second kappa shape index (κ2) is 4.23. The predicted octanol–water partition coefficient (Wildman–Crippen LogP) is 3.31. The van der Waals surface area contributed by atoms with Gasteiger partial charge < -0.3 is 9.63 Å². The van der Waals surface area contributed by atoms with Crippen LogP contribution in [0.25, 0.3) is 22.8 Å². The minimum absolute atomic E-state index is 0.0914. The number of nitrogens with zero attached hydrogens (tertiary/aromatic N) is 2. The molecule has 0 unspecified atom stereocenters. The number of hydrogen-bond acceptors (Lipinski definition) is 5. The van der Waals surface area contributed by atoms with Crippen LogP contribution in [0.5, 0.6) is 5.75 Å². The lowest BCUT2D eigenvalue weighted by Gasteiger charge is -1.97. The Morgan fingerprint density at radius 3 is 2.89 bits per heavy atom. The van der Waals surface area contributed by atoms with Crippen molar-refractivity contribution in [3.8, 4) is 28.6 Å². The van der Waals surface area contributed by atoms with Crippen molar-refractivity contribution in [1.29, 1.82) is 0 Å². The standard InChI is InChI=1S/C12H7FN2O2S/c13-10-5-8(16)1-2-9(10)12-14-11(15-17-12)7-3-4-18-6-7/h1-6,16H. The van der Waals surface area contributed by atoms with Crippen LogP contribution in [0.3, 0.4) is 0 Å². The molecule has 0 bridgehead atoms. The highest BCUT2D eigenvalue weighted by Crippen LogP contribution is 2.27. The molecule has 0 radical (unpaired) electrons. The maximum atomic E-state index is 13.6. The summed E-state index contributed by atoms with van der Waals surface area (Å²) < 4.78 is 18.6. The zero-order valence-electron chi connectivity index (χ0n) is 9.00. The smallest absolute Gasteiger partial charge is 0.261 e. The van der Waals surface area contributed by atoms with Gasteiger partial charge in [-0.2, -0.15) is 16.3 Å². The Labute approximate surface area is 105 Å². The van der Waals surface area contributed by atoms with Crippen molar-refractivity contribution in [2.24, 2.45) is 0 Å². The van der Waals surface area contributed by atoms with Crippen LogP contribution in [0.15, 0.2) is 39.5 Å². The number of hydrogen-bond donors (Lipinski definition) is 1. The van der Waals surface area contributed by atoms with Gasteiger partial charge in [-0.25, -0.2) is 4.39 Å². The largest absolute Gasteiger partial charge is 0.508 e. The molecule has 0 aliphatic carbocycles. The van der Waals surface area contributed by atoms with Crippen LogP contribution in [0.1, 0.15) is 0 Å². The summed E-state index contributed by atoms with van der Waals surface area (Å²) in [6, 6.07) is 5.62. The Morgan fingerprint density at radius 2 is 2.17 bits per heavy atom. The molecule has 0 fully saturated rings. The van der Waals surface area contributed by atoms with Crippen molar-refractivity contribution in [3.05, 3.63) is 40.8 Å². The first-order valence-electron chi connectivity index (χ1n) is 5.09. The van der Waals surface area contributed by atoms with Crippen molar-refractivity contribution in [1.82, 2.24) is 10.1 Å². The van der Waals surface area contributed by atoms with Gasteiger partial charge in [-0.05, 0) is 23.6 Å². The van der Waals surface area contributed by atoms with Crippen molar-refractivity contribution in [3.63, 3.8) is 0 Å². The molecule has 0 amide bonds. The number of phenols is 1. The lowest BCUT2D eigenvalue weighted by Crippen LogP contribution is -1.84. The van der Waals surface area contributed by atoms with E-state index in [1.807, 2.05) is 16.8 Å². The van der Waals surface area contributed by atoms with E-state index in [9.17, 15) is 4.39 Å². The third-order valence-electron chi connectivity index (χ3n) is 2.39. The summed E-state index contributed by atoms with van der Waals surface area (Å²) in [5, 5.41) is 16.7. The summed E-state index contributed by atoms with van der Waals surface area (Å²) in [5.74, 6) is -0.239. The lowest BCUT2D eigenvalue weighted by atomic mass is 10.2. The average molecular weight is 262 g/mol. The predicted molar refractivity (Wildman–Crippen MR) is 64.7 cm³/mol. The van der Waals surface area contributed by atoms with Crippen LogP contribution >= 0.6 is 11.3 Å². The van der Waals surface area contributed by atoms with E-state index in [-0.39, 0.29) is 17.2 Å². The number of aromatic hydroxyl groups is 1. The SMILES string of the molecule is Oc1ccc(-c2nc(-c3ccsc3)no2)c(F)c1. The minimum atomic E-state index is -0.601. The van der Waals surface area contributed by atoms with E-state index in [2.05, 4.69) is 10.1 Å². The van der Waals surface area contributed by atoms with Gasteiger partial charge >= 0.3 is 0 Å². The molecule has 1 aromatic carbocycles. The van der Waals surface area contributed by atoms with E-state index < -0.39 is 5.82 Å². The van der Waals surface area contributed by atoms with E-state index in [0.29, 0.717) is 5.82 Å². The van der Waals surface area contributed by atoms with Crippen LogP contribution in [-0.2, 0) is 0 Å². The van der Waals surface area contributed by atoms with E-state index in [4.69, 9.17) is 9.63 Å². The summed E-state index contributed by atoms with van der Waals surface area (Å²) in [6.07, 6.45) is 0. The van der Waals surface area contributed by atoms with Crippen LogP contribution < -0.4 is 0 Å². The van der Waals surface area contributed by atoms with Crippen molar-refractivity contribution in [2.75, 3.05) is 0 Å². The molecule has 2 heterocycles. The lowest BCUT2D eigenvalue weighted by molar-refractivity contribution is 0.429. The number of benzene rings is 1. The zero-order valence-corrected chi connectivity index (χ0v) is 9.82. The van der Waals surface area contributed by atoms with Crippen LogP contribution in [0.2, 0.25) is 0 Å². The molecule has 0 saturated heterocycles. The number of phenolic OH excluding ortho intramolecular Hbond substituents is 1. The second-order valence-corrected chi connectivity index (χ2v) is 4.38. The molecular formula is C12H7FN2O2S. The van der Waals surface area contributed by atoms with Crippen LogP contribution in [0.4, 0.5) is 4.39 Å². The highest BCUT2D eigenvalue weighted by atomic mass is 32.1. The molecule has 3 aromatic rings. The molecule has 1 N–H and O–H groups in total. The molecule has 0 spiro atoms. The van der Waals surface area contributed by atoms with Gasteiger partial charge in [0, 0.05) is 17.0 Å². The molecule has 4 nitrogen and oxygen atoms in total. The molecule has 3 rings (SSSR count).